The predicted octanol–water partition coefficient (Wildman–Crippen LogP) is 1.89. The number of hydrogen-bond donors (Lipinski definition) is 1. The van der Waals surface area contributed by atoms with Crippen molar-refractivity contribution < 1.29 is 4.74 Å². The number of benzene rings is 1. The minimum absolute atomic E-state index is 0. The molecule has 2 heterocycles. The maximum atomic E-state index is 5.53. The van der Waals surface area contributed by atoms with E-state index in [1.807, 2.05) is 19.2 Å². The van der Waals surface area contributed by atoms with Crippen LogP contribution in [0.3, 0.4) is 0 Å². The van der Waals surface area contributed by atoms with Crippen LogP contribution in [0.4, 0.5) is 5.69 Å². The number of piperazine rings is 2. The van der Waals surface area contributed by atoms with Gasteiger partial charge in [-0.15, -0.1) is 24.0 Å². The van der Waals surface area contributed by atoms with Crippen molar-refractivity contribution in [2.75, 3.05) is 91.6 Å². The van der Waals surface area contributed by atoms with Gasteiger partial charge in [-0.2, -0.15) is 0 Å². The Morgan fingerprint density at radius 3 is 2.37 bits per heavy atom. The van der Waals surface area contributed by atoms with Crippen LogP contribution in [0, 0.1) is 5.92 Å². The van der Waals surface area contributed by atoms with E-state index in [-0.39, 0.29) is 24.0 Å². The van der Waals surface area contributed by atoms with E-state index in [1.54, 1.807) is 7.11 Å². The number of anilines is 1. The maximum absolute atomic E-state index is 5.53. The van der Waals surface area contributed by atoms with Crippen molar-refractivity contribution >= 4 is 35.6 Å². The van der Waals surface area contributed by atoms with Gasteiger partial charge in [0.25, 0.3) is 0 Å². The lowest BCUT2D eigenvalue weighted by Gasteiger charge is -2.38. The van der Waals surface area contributed by atoms with Crippen LogP contribution in [0.1, 0.15) is 6.92 Å². The Morgan fingerprint density at radius 1 is 1.07 bits per heavy atom. The van der Waals surface area contributed by atoms with E-state index in [9.17, 15) is 0 Å². The summed E-state index contributed by atoms with van der Waals surface area (Å²) in [4.78, 5) is 14.3. The highest BCUT2D eigenvalue weighted by atomic mass is 127. The molecule has 2 saturated heterocycles. The van der Waals surface area contributed by atoms with Crippen LogP contribution in [0.15, 0.2) is 29.3 Å². The Labute approximate surface area is 199 Å². The molecule has 0 spiro atoms. The molecular formula is C22H39IN6O. The normalized spacial score (nSPS) is 19.9. The van der Waals surface area contributed by atoms with Gasteiger partial charge in [-0.25, -0.2) is 0 Å². The molecule has 0 aliphatic carbocycles. The summed E-state index contributed by atoms with van der Waals surface area (Å²) >= 11 is 0. The number of guanidine groups is 1. The van der Waals surface area contributed by atoms with Crippen molar-refractivity contribution in [2.24, 2.45) is 10.9 Å². The number of hydrogen-bond acceptors (Lipinski definition) is 5. The van der Waals surface area contributed by atoms with Crippen molar-refractivity contribution in [1.82, 2.24) is 20.0 Å². The first-order chi connectivity index (χ1) is 14.1. The van der Waals surface area contributed by atoms with Crippen LogP contribution in [0.5, 0.6) is 5.75 Å². The summed E-state index contributed by atoms with van der Waals surface area (Å²) in [6, 6.07) is 8.27. The molecule has 0 saturated carbocycles. The molecule has 1 aromatic rings. The first-order valence-electron chi connectivity index (χ1n) is 10.8. The third-order valence-corrected chi connectivity index (χ3v) is 5.99. The highest BCUT2D eigenvalue weighted by molar-refractivity contribution is 14.0. The number of para-hydroxylation sites is 2. The van der Waals surface area contributed by atoms with E-state index in [2.05, 4.69) is 56.0 Å². The first-order valence-corrected chi connectivity index (χ1v) is 10.8. The predicted molar refractivity (Wildman–Crippen MR) is 137 cm³/mol. The van der Waals surface area contributed by atoms with Crippen molar-refractivity contribution in [2.45, 2.75) is 6.92 Å². The van der Waals surface area contributed by atoms with Gasteiger partial charge in [0.2, 0.25) is 0 Å². The molecule has 1 unspecified atom stereocenters. The third kappa shape index (κ3) is 6.88. The number of likely N-dealkylation sites (N-methyl/N-ethyl adjacent to an activating group) is 1. The van der Waals surface area contributed by atoms with Gasteiger partial charge in [0.15, 0.2) is 5.96 Å². The van der Waals surface area contributed by atoms with E-state index in [0.29, 0.717) is 5.92 Å². The SMILES string of the molecule is CN=C(NCC(C)CN1CCN(C)CC1)N1CCN(c2ccccc2OC)CC1.I. The van der Waals surface area contributed by atoms with E-state index in [0.717, 1.165) is 51.0 Å². The van der Waals surface area contributed by atoms with E-state index in [1.165, 1.54) is 31.9 Å². The average Bonchev–Trinajstić information content (AvgIpc) is 2.76. The fourth-order valence-corrected chi connectivity index (χ4v) is 4.18. The zero-order chi connectivity index (χ0) is 20.6. The molecule has 2 aliphatic heterocycles. The van der Waals surface area contributed by atoms with Crippen molar-refractivity contribution in [1.29, 1.82) is 0 Å². The molecule has 0 bridgehead atoms. The second-order valence-electron chi connectivity index (χ2n) is 8.28. The lowest BCUT2D eigenvalue weighted by Crippen LogP contribution is -2.53. The van der Waals surface area contributed by atoms with Gasteiger partial charge < -0.3 is 29.7 Å². The molecule has 1 aromatic carbocycles. The molecule has 8 heteroatoms. The van der Waals surface area contributed by atoms with Gasteiger partial charge >= 0.3 is 0 Å². The number of halogens is 1. The summed E-state index contributed by atoms with van der Waals surface area (Å²) in [6.07, 6.45) is 0. The molecule has 7 nitrogen and oxygen atoms in total. The number of aliphatic imine (C=N–C) groups is 1. The van der Waals surface area contributed by atoms with Crippen LogP contribution in [0.25, 0.3) is 0 Å². The largest absolute Gasteiger partial charge is 0.495 e. The standard InChI is InChI=1S/C22H38N6O.HI/c1-19(18-26-11-9-25(3)10-12-26)17-24-22(23-2)28-15-13-27(14-16-28)20-7-5-6-8-21(20)29-4;/h5-8,19H,9-18H2,1-4H3,(H,23,24);1H. The fraction of sp³-hybridized carbons (Fsp3) is 0.682. The van der Waals surface area contributed by atoms with E-state index >= 15 is 0 Å². The van der Waals surface area contributed by atoms with Crippen molar-refractivity contribution in [3.8, 4) is 5.75 Å². The van der Waals surface area contributed by atoms with Crippen LogP contribution in [-0.4, -0.2) is 107 Å². The number of rotatable bonds is 6. The van der Waals surface area contributed by atoms with E-state index in [4.69, 9.17) is 4.74 Å². The number of nitrogens with zero attached hydrogens (tertiary/aromatic N) is 5. The van der Waals surface area contributed by atoms with Gasteiger partial charge in [-0.3, -0.25) is 4.99 Å². The van der Waals surface area contributed by atoms with Crippen LogP contribution in [0.2, 0.25) is 0 Å². The van der Waals surface area contributed by atoms with Gasteiger partial charge in [0.1, 0.15) is 5.75 Å². The Morgan fingerprint density at radius 2 is 1.73 bits per heavy atom. The lowest BCUT2D eigenvalue weighted by molar-refractivity contribution is 0.139. The van der Waals surface area contributed by atoms with Crippen LogP contribution < -0.4 is 15.0 Å². The molecule has 30 heavy (non-hydrogen) atoms. The van der Waals surface area contributed by atoms with E-state index < -0.39 is 0 Å². The molecule has 0 aromatic heterocycles. The quantitative estimate of drug-likeness (QED) is 0.345. The van der Waals surface area contributed by atoms with Gasteiger partial charge in [0.05, 0.1) is 12.8 Å². The molecule has 0 radical (unpaired) electrons. The van der Waals surface area contributed by atoms with Gasteiger partial charge in [0, 0.05) is 72.5 Å². The summed E-state index contributed by atoms with van der Waals surface area (Å²) < 4.78 is 5.53. The highest BCUT2D eigenvalue weighted by Crippen LogP contribution is 2.28. The number of methoxy groups -OCH3 is 1. The minimum atomic E-state index is 0. The smallest absolute Gasteiger partial charge is 0.193 e. The van der Waals surface area contributed by atoms with Gasteiger partial charge in [-0.1, -0.05) is 19.1 Å². The molecule has 1 N–H and O–H groups in total. The van der Waals surface area contributed by atoms with Crippen molar-refractivity contribution in [3.05, 3.63) is 24.3 Å². The molecule has 1 atom stereocenters. The zero-order valence-electron chi connectivity index (χ0n) is 19.0. The summed E-state index contributed by atoms with van der Waals surface area (Å²) in [5, 5.41) is 3.61. The fourth-order valence-electron chi connectivity index (χ4n) is 4.18. The maximum Gasteiger partial charge on any atom is 0.193 e. The topological polar surface area (TPSA) is 46.6 Å². The Hall–Kier alpha value is -1.26. The molecule has 2 fully saturated rings. The molecule has 3 rings (SSSR count). The average molecular weight is 530 g/mol. The van der Waals surface area contributed by atoms with Gasteiger partial charge in [-0.05, 0) is 25.1 Å². The summed E-state index contributed by atoms with van der Waals surface area (Å²) in [6.45, 7) is 13.0. The molecule has 170 valence electrons. The lowest BCUT2D eigenvalue weighted by atomic mass is 10.1. The summed E-state index contributed by atoms with van der Waals surface area (Å²) in [5.41, 5.74) is 1.18. The Bertz CT molecular complexity index is 657. The van der Waals surface area contributed by atoms with Crippen LogP contribution >= 0.6 is 24.0 Å². The number of ether oxygens (including phenoxy) is 1. The molecule has 0 amide bonds. The molecule has 2 aliphatic rings. The minimum Gasteiger partial charge on any atom is -0.495 e. The number of nitrogens with one attached hydrogen (secondary N) is 1. The molecular weight excluding hydrogens is 491 g/mol. The third-order valence-electron chi connectivity index (χ3n) is 5.99. The summed E-state index contributed by atoms with van der Waals surface area (Å²) in [7, 11) is 5.84. The second-order valence-corrected chi connectivity index (χ2v) is 8.28. The Balaban J connectivity index is 0.00000320. The monoisotopic (exact) mass is 530 g/mol. The highest BCUT2D eigenvalue weighted by Gasteiger charge is 2.22. The summed E-state index contributed by atoms with van der Waals surface area (Å²) in [5.74, 6) is 2.57. The second kappa shape index (κ2) is 12.6. The van der Waals surface area contributed by atoms with Crippen molar-refractivity contribution in [3.63, 3.8) is 0 Å². The first kappa shape index (κ1) is 25.0. The Kier molecular flexibility index (Phi) is 10.5. The zero-order valence-corrected chi connectivity index (χ0v) is 21.3. The van der Waals surface area contributed by atoms with Crippen LogP contribution in [-0.2, 0) is 0 Å².